The van der Waals surface area contributed by atoms with Crippen LogP contribution in [0.15, 0.2) is 0 Å². The molecule has 0 aliphatic heterocycles. The van der Waals surface area contributed by atoms with Gasteiger partial charge in [-0.1, -0.05) is 64.7 Å². The van der Waals surface area contributed by atoms with Crippen molar-refractivity contribution in [2.45, 2.75) is 84.1 Å². The standard InChI is InChI=1S/C16H33NO2/c1-4-5-6-7-8-9-10-11-12-13-14-17(3)15(2)16(18)19/h15H,4-14H2,1-3H3,(H,18,19)/t15-/m0/s1. The number of unbranched alkanes of at least 4 members (excludes halogenated alkanes) is 9. The second-order valence-electron chi connectivity index (χ2n) is 5.68. The number of hydrogen-bond acceptors (Lipinski definition) is 2. The SMILES string of the molecule is CCCCCCCCCCCCN(C)[C@@H](C)C(=O)O. The maximum absolute atomic E-state index is 10.8. The number of rotatable bonds is 13. The molecule has 0 aliphatic rings. The van der Waals surface area contributed by atoms with Gasteiger partial charge in [0.1, 0.15) is 6.04 Å². The molecule has 0 fully saturated rings. The number of nitrogens with zero attached hydrogens (tertiary/aromatic N) is 1. The Morgan fingerprint density at radius 1 is 0.947 bits per heavy atom. The lowest BCUT2D eigenvalue weighted by molar-refractivity contribution is -0.142. The number of aliphatic carboxylic acids is 1. The number of carbonyl (C=O) groups is 1. The largest absolute Gasteiger partial charge is 0.480 e. The summed E-state index contributed by atoms with van der Waals surface area (Å²) in [5, 5.41) is 8.87. The fourth-order valence-corrected chi connectivity index (χ4v) is 2.23. The van der Waals surface area contributed by atoms with E-state index in [0.717, 1.165) is 13.0 Å². The van der Waals surface area contributed by atoms with Gasteiger partial charge in [0.15, 0.2) is 0 Å². The van der Waals surface area contributed by atoms with Crippen molar-refractivity contribution in [1.82, 2.24) is 4.90 Å². The van der Waals surface area contributed by atoms with Crippen LogP contribution in [0.5, 0.6) is 0 Å². The molecule has 0 amide bonds. The van der Waals surface area contributed by atoms with Gasteiger partial charge in [0.05, 0.1) is 0 Å². The van der Waals surface area contributed by atoms with Gasteiger partial charge in [-0.2, -0.15) is 0 Å². The molecule has 3 heteroatoms. The van der Waals surface area contributed by atoms with E-state index in [1.807, 2.05) is 11.9 Å². The highest BCUT2D eigenvalue weighted by molar-refractivity contribution is 5.72. The number of likely N-dealkylation sites (N-methyl/N-ethyl adjacent to an activating group) is 1. The van der Waals surface area contributed by atoms with E-state index >= 15 is 0 Å². The highest BCUT2D eigenvalue weighted by atomic mass is 16.4. The van der Waals surface area contributed by atoms with Crippen LogP contribution in [0, 0.1) is 0 Å². The van der Waals surface area contributed by atoms with E-state index in [-0.39, 0.29) is 6.04 Å². The van der Waals surface area contributed by atoms with Crippen LogP contribution in [0.3, 0.4) is 0 Å². The fourth-order valence-electron chi connectivity index (χ4n) is 2.23. The zero-order chi connectivity index (χ0) is 14.5. The van der Waals surface area contributed by atoms with Gasteiger partial charge in [0.2, 0.25) is 0 Å². The zero-order valence-electron chi connectivity index (χ0n) is 13.2. The Morgan fingerprint density at radius 2 is 1.37 bits per heavy atom. The summed E-state index contributed by atoms with van der Waals surface area (Å²) >= 11 is 0. The minimum absolute atomic E-state index is 0.362. The van der Waals surface area contributed by atoms with Crippen molar-refractivity contribution in [2.75, 3.05) is 13.6 Å². The van der Waals surface area contributed by atoms with Crippen LogP contribution in [-0.4, -0.2) is 35.6 Å². The summed E-state index contributed by atoms with van der Waals surface area (Å²) in [5.41, 5.74) is 0. The summed E-state index contributed by atoms with van der Waals surface area (Å²) < 4.78 is 0. The molecule has 0 unspecified atom stereocenters. The maximum Gasteiger partial charge on any atom is 0.320 e. The predicted molar refractivity (Wildman–Crippen MR) is 81.6 cm³/mol. The third-order valence-corrected chi connectivity index (χ3v) is 3.88. The molecule has 114 valence electrons. The first-order chi connectivity index (χ1) is 9.09. The molecule has 19 heavy (non-hydrogen) atoms. The van der Waals surface area contributed by atoms with E-state index in [9.17, 15) is 4.79 Å². The average molecular weight is 271 g/mol. The number of carboxylic acid groups (broad SMARTS) is 1. The summed E-state index contributed by atoms with van der Waals surface area (Å²) in [7, 11) is 1.90. The Bertz CT molecular complexity index is 219. The zero-order valence-corrected chi connectivity index (χ0v) is 13.2. The molecule has 0 spiro atoms. The smallest absolute Gasteiger partial charge is 0.320 e. The monoisotopic (exact) mass is 271 g/mol. The van der Waals surface area contributed by atoms with Gasteiger partial charge in [-0.25, -0.2) is 0 Å². The summed E-state index contributed by atoms with van der Waals surface area (Å²) in [5.74, 6) is -0.727. The van der Waals surface area contributed by atoms with Crippen LogP contribution >= 0.6 is 0 Å². The Hall–Kier alpha value is -0.570. The maximum atomic E-state index is 10.8. The molecule has 0 bridgehead atoms. The minimum atomic E-state index is -0.727. The van der Waals surface area contributed by atoms with Crippen molar-refractivity contribution >= 4 is 5.97 Å². The molecule has 0 radical (unpaired) electrons. The molecule has 0 heterocycles. The van der Waals surface area contributed by atoms with Crippen LogP contribution in [0.4, 0.5) is 0 Å². The van der Waals surface area contributed by atoms with E-state index in [1.54, 1.807) is 6.92 Å². The van der Waals surface area contributed by atoms with Crippen molar-refractivity contribution in [3.05, 3.63) is 0 Å². The lowest BCUT2D eigenvalue weighted by atomic mass is 10.1. The van der Waals surface area contributed by atoms with Gasteiger partial charge >= 0.3 is 5.97 Å². The Balaban J connectivity index is 3.25. The molecular formula is C16H33NO2. The second-order valence-corrected chi connectivity index (χ2v) is 5.68. The van der Waals surface area contributed by atoms with Gasteiger partial charge in [-0.15, -0.1) is 0 Å². The molecule has 0 rings (SSSR count). The molecule has 1 N–H and O–H groups in total. The van der Waals surface area contributed by atoms with Crippen LogP contribution in [0.2, 0.25) is 0 Å². The summed E-state index contributed by atoms with van der Waals surface area (Å²) in [6.45, 7) is 4.89. The van der Waals surface area contributed by atoms with Gasteiger partial charge in [-0.05, 0) is 26.9 Å². The number of hydrogen-bond donors (Lipinski definition) is 1. The summed E-state index contributed by atoms with van der Waals surface area (Å²) in [4.78, 5) is 12.7. The van der Waals surface area contributed by atoms with Crippen LogP contribution in [0.25, 0.3) is 0 Å². The van der Waals surface area contributed by atoms with E-state index < -0.39 is 5.97 Å². The summed E-state index contributed by atoms with van der Waals surface area (Å²) in [6, 6.07) is -0.362. The first-order valence-electron chi connectivity index (χ1n) is 8.02. The highest BCUT2D eigenvalue weighted by Gasteiger charge is 2.15. The van der Waals surface area contributed by atoms with Gasteiger partial charge < -0.3 is 5.11 Å². The van der Waals surface area contributed by atoms with Crippen LogP contribution in [0.1, 0.15) is 78.1 Å². The Kier molecular flexibility index (Phi) is 12.1. The van der Waals surface area contributed by atoms with Crippen molar-refractivity contribution in [2.24, 2.45) is 0 Å². The van der Waals surface area contributed by atoms with Crippen molar-refractivity contribution < 1.29 is 9.90 Å². The van der Waals surface area contributed by atoms with E-state index in [1.165, 1.54) is 57.8 Å². The minimum Gasteiger partial charge on any atom is -0.480 e. The number of carboxylic acids is 1. The molecule has 0 aromatic carbocycles. The van der Waals surface area contributed by atoms with Crippen LogP contribution < -0.4 is 0 Å². The normalized spacial score (nSPS) is 12.8. The van der Waals surface area contributed by atoms with E-state index in [0.29, 0.717) is 0 Å². The van der Waals surface area contributed by atoms with Gasteiger partial charge in [-0.3, -0.25) is 9.69 Å². The van der Waals surface area contributed by atoms with Gasteiger partial charge in [0, 0.05) is 0 Å². The first kappa shape index (κ1) is 18.4. The average Bonchev–Trinajstić information content (AvgIpc) is 2.39. The predicted octanol–water partition coefficient (Wildman–Crippen LogP) is 4.31. The first-order valence-corrected chi connectivity index (χ1v) is 8.02. The molecule has 1 atom stereocenters. The van der Waals surface area contributed by atoms with E-state index in [2.05, 4.69) is 6.92 Å². The molecule has 0 aromatic rings. The van der Waals surface area contributed by atoms with Gasteiger partial charge in [0.25, 0.3) is 0 Å². The molecule has 0 saturated carbocycles. The molecule has 0 saturated heterocycles. The van der Waals surface area contributed by atoms with Crippen molar-refractivity contribution in [3.63, 3.8) is 0 Å². The summed E-state index contributed by atoms with van der Waals surface area (Å²) in [6.07, 6.45) is 13.2. The third-order valence-electron chi connectivity index (χ3n) is 3.88. The highest BCUT2D eigenvalue weighted by Crippen LogP contribution is 2.11. The lowest BCUT2D eigenvalue weighted by Crippen LogP contribution is -2.36. The fraction of sp³-hybridized carbons (Fsp3) is 0.938. The van der Waals surface area contributed by atoms with Crippen LogP contribution in [-0.2, 0) is 4.79 Å². The molecular weight excluding hydrogens is 238 g/mol. The van der Waals surface area contributed by atoms with Crippen molar-refractivity contribution in [3.8, 4) is 0 Å². The topological polar surface area (TPSA) is 40.5 Å². The molecule has 3 nitrogen and oxygen atoms in total. The Labute approximate surface area is 119 Å². The quantitative estimate of drug-likeness (QED) is 0.507. The lowest BCUT2D eigenvalue weighted by Gasteiger charge is -2.20. The molecule has 0 aromatic heterocycles. The third kappa shape index (κ3) is 11.0. The van der Waals surface area contributed by atoms with Crippen molar-refractivity contribution in [1.29, 1.82) is 0 Å². The Morgan fingerprint density at radius 3 is 1.79 bits per heavy atom. The van der Waals surface area contributed by atoms with E-state index in [4.69, 9.17) is 5.11 Å². The molecule has 0 aliphatic carbocycles. The second kappa shape index (κ2) is 12.5.